The minimum Gasteiger partial charge on any atom is -0.364 e. The lowest BCUT2D eigenvalue weighted by Gasteiger charge is -2.35. The molecule has 1 saturated heterocycles. The van der Waals surface area contributed by atoms with Crippen LogP contribution >= 0.6 is 11.3 Å². The Morgan fingerprint density at radius 3 is 2.92 bits per heavy atom. The molecule has 4 heterocycles. The molecule has 9 heteroatoms. The lowest BCUT2D eigenvalue weighted by Crippen LogP contribution is -2.53. The summed E-state index contributed by atoms with van der Waals surface area (Å²) in [6.07, 6.45) is 4.88. The summed E-state index contributed by atoms with van der Waals surface area (Å²) in [6.45, 7) is 3.67. The quantitative estimate of drug-likeness (QED) is 0.722. The van der Waals surface area contributed by atoms with Crippen LogP contribution in [0.15, 0.2) is 21.2 Å². The maximum Gasteiger partial charge on any atom is 0.332 e. The van der Waals surface area contributed by atoms with Crippen LogP contribution in [-0.4, -0.2) is 42.9 Å². The fraction of sp³-hybridized carbons (Fsp3) is 0.647. The van der Waals surface area contributed by atoms with E-state index in [2.05, 4.69) is 15.0 Å². The number of hydrogen-bond acceptors (Lipinski definition) is 7. The molecular weight excluding hydrogens is 354 g/mol. The Balaban J connectivity index is 1.37. The Hall–Kier alpha value is -1.84. The molecule has 8 nitrogen and oxygen atoms in total. The number of likely N-dealkylation sites (tertiary alicyclic amines) is 1. The fourth-order valence-electron chi connectivity index (χ4n) is 3.90. The molecule has 0 N–H and O–H groups in total. The summed E-state index contributed by atoms with van der Waals surface area (Å²) in [5.41, 5.74) is -1.38. The number of aromatic nitrogens is 4. The van der Waals surface area contributed by atoms with Gasteiger partial charge in [0, 0.05) is 31.2 Å². The minimum absolute atomic E-state index is 0.283. The van der Waals surface area contributed by atoms with Gasteiger partial charge in [-0.2, -0.15) is 5.10 Å². The first kappa shape index (κ1) is 16.3. The SMILES string of the molecule is O=c1c(=O)n2c(nn1CC1CC1)CO[C@]1(CCN(Cc3nccs3)C1)C2. The molecule has 3 aliphatic rings. The van der Waals surface area contributed by atoms with Crippen LogP contribution in [0.2, 0.25) is 0 Å². The van der Waals surface area contributed by atoms with Crippen LogP contribution in [0.25, 0.3) is 0 Å². The Morgan fingerprint density at radius 2 is 2.15 bits per heavy atom. The number of rotatable bonds is 4. The predicted octanol–water partition coefficient (Wildman–Crippen LogP) is 0.446. The maximum absolute atomic E-state index is 12.6. The van der Waals surface area contributed by atoms with Crippen molar-refractivity contribution in [1.82, 2.24) is 24.2 Å². The summed E-state index contributed by atoms with van der Waals surface area (Å²) >= 11 is 1.65. The van der Waals surface area contributed by atoms with Crippen molar-refractivity contribution in [2.45, 2.75) is 51.1 Å². The van der Waals surface area contributed by atoms with E-state index in [9.17, 15) is 9.59 Å². The van der Waals surface area contributed by atoms with E-state index >= 15 is 0 Å². The average molecular weight is 375 g/mol. The van der Waals surface area contributed by atoms with E-state index in [4.69, 9.17) is 4.74 Å². The third kappa shape index (κ3) is 2.93. The van der Waals surface area contributed by atoms with E-state index in [1.807, 2.05) is 11.6 Å². The summed E-state index contributed by atoms with van der Waals surface area (Å²) in [7, 11) is 0. The first-order valence-electron chi connectivity index (χ1n) is 9.07. The molecule has 0 aromatic carbocycles. The van der Waals surface area contributed by atoms with Crippen LogP contribution in [0.5, 0.6) is 0 Å². The third-order valence-corrected chi connectivity index (χ3v) is 6.29. The maximum atomic E-state index is 12.6. The van der Waals surface area contributed by atoms with Gasteiger partial charge in [0.05, 0.1) is 13.1 Å². The van der Waals surface area contributed by atoms with E-state index in [0.29, 0.717) is 24.8 Å². The molecule has 0 radical (unpaired) electrons. The van der Waals surface area contributed by atoms with Gasteiger partial charge >= 0.3 is 11.1 Å². The predicted molar refractivity (Wildman–Crippen MR) is 95.0 cm³/mol. The lowest BCUT2D eigenvalue weighted by atomic mass is 10.0. The van der Waals surface area contributed by atoms with Gasteiger partial charge in [-0.3, -0.25) is 19.1 Å². The number of hydrogen-bond donors (Lipinski definition) is 0. The highest BCUT2D eigenvalue weighted by Crippen LogP contribution is 2.32. The van der Waals surface area contributed by atoms with Crippen LogP contribution in [-0.2, 0) is 31.0 Å². The van der Waals surface area contributed by atoms with Gasteiger partial charge in [-0.1, -0.05) is 0 Å². The lowest BCUT2D eigenvalue weighted by molar-refractivity contribution is -0.0859. The second kappa shape index (κ2) is 6.11. The molecule has 2 fully saturated rings. The summed E-state index contributed by atoms with van der Waals surface area (Å²) in [5, 5.41) is 7.47. The second-order valence-electron chi connectivity index (χ2n) is 7.60. The van der Waals surface area contributed by atoms with Gasteiger partial charge in [-0.25, -0.2) is 9.67 Å². The number of ether oxygens (including phenoxy) is 1. The van der Waals surface area contributed by atoms with Gasteiger partial charge in [0.15, 0.2) is 5.82 Å². The van der Waals surface area contributed by atoms with Crippen molar-refractivity contribution in [3.8, 4) is 0 Å². The van der Waals surface area contributed by atoms with Crippen molar-refractivity contribution in [3.63, 3.8) is 0 Å². The first-order chi connectivity index (χ1) is 12.6. The Morgan fingerprint density at radius 1 is 1.27 bits per heavy atom. The molecule has 1 saturated carbocycles. The zero-order valence-electron chi connectivity index (χ0n) is 14.5. The largest absolute Gasteiger partial charge is 0.364 e. The van der Waals surface area contributed by atoms with Crippen LogP contribution in [0, 0.1) is 5.92 Å². The molecular formula is C17H21N5O3S. The van der Waals surface area contributed by atoms with Crippen LogP contribution in [0.3, 0.4) is 0 Å². The monoisotopic (exact) mass is 375 g/mol. The summed E-state index contributed by atoms with van der Waals surface area (Å²) in [5.74, 6) is 1.06. The van der Waals surface area contributed by atoms with Crippen LogP contribution < -0.4 is 11.1 Å². The molecule has 26 heavy (non-hydrogen) atoms. The van der Waals surface area contributed by atoms with Crippen molar-refractivity contribution in [2.75, 3.05) is 13.1 Å². The van der Waals surface area contributed by atoms with Gasteiger partial charge < -0.3 is 4.74 Å². The van der Waals surface area contributed by atoms with Gasteiger partial charge in [-0.15, -0.1) is 11.3 Å². The van der Waals surface area contributed by atoms with Crippen LogP contribution in [0.1, 0.15) is 30.1 Å². The highest BCUT2D eigenvalue weighted by molar-refractivity contribution is 7.09. The van der Waals surface area contributed by atoms with E-state index in [1.165, 1.54) is 4.68 Å². The summed E-state index contributed by atoms with van der Waals surface area (Å²) in [6, 6.07) is 0. The summed E-state index contributed by atoms with van der Waals surface area (Å²) < 4.78 is 9.06. The topological polar surface area (TPSA) is 82.2 Å². The van der Waals surface area contributed by atoms with Crippen molar-refractivity contribution < 1.29 is 4.74 Å². The highest BCUT2D eigenvalue weighted by atomic mass is 32.1. The molecule has 0 unspecified atom stereocenters. The van der Waals surface area contributed by atoms with Gasteiger partial charge in [0.25, 0.3) is 0 Å². The Bertz CT molecular complexity index is 933. The van der Waals surface area contributed by atoms with Crippen molar-refractivity contribution >= 4 is 11.3 Å². The average Bonchev–Trinajstić information content (AvgIpc) is 3.15. The van der Waals surface area contributed by atoms with Crippen molar-refractivity contribution in [1.29, 1.82) is 0 Å². The van der Waals surface area contributed by atoms with E-state index in [1.54, 1.807) is 15.9 Å². The molecule has 5 rings (SSSR count). The molecule has 2 aliphatic heterocycles. The molecule has 0 amide bonds. The molecule has 1 atom stereocenters. The molecule has 1 spiro atoms. The van der Waals surface area contributed by atoms with E-state index in [0.717, 1.165) is 43.9 Å². The van der Waals surface area contributed by atoms with Gasteiger partial charge in [-0.05, 0) is 25.2 Å². The van der Waals surface area contributed by atoms with Gasteiger partial charge in [0.2, 0.25) is 0 Å². The zero-order chi connectivity index (χ0) is 17.7. The highest BCUT2D eigenvalue weighted by Gasteiger charge is 2.43. The fourth-order valence-corrected chi connectivity index (χ4v) is 4.56. The number of thiazole rings is 1. The first-order valence-corrected chi connectivity index (χ1v) is 9.95. The van der Waals surface area contributed by atoms with Crippen molar-refractivity contribution in [3.05, 3.63) is 43.1 Å². The Kier molecular flexibility index (Phi) is 3.84. The third-order valence-electron chi connectivity index (χ3n) is 5.53. The molecule has 2 aromatic rings. The second-order valence-corrected chi connectivity index (χ2v) is 8.58. The smallest absolute Gasteiger partial charge is 0.332 e. The minimum atomic E-state index is -0.504. The number of fused-ring (bicyclic) bond motifs is 1. The van der Waals surface area contributed by atoms with Crippen LogP contribution in [0.4, 0.5) is 0 Å². The molecule has 0 bridgehead atoms. The van der Waals surface area contributed by atoms with Crippen molar-refractivity contribution in [2.24, 2.45) is 5.92 Å². The molecule has 138 valence electrons. The molecule has 1 aliphatic carbocycles. The molecule has 2 aromatic heterocycles. The number of nitrogens with zero attached hydrogens (tertiary/aromatic N) is 5. The van der Waals surface area contributed by atoms with Gasteiger partial charge in [0.1, 0.15) is 17.2 Å². The normalized spacial score (nSPS) is 25.7. The zero-order valence-corrected chi connectivity index (χ0v) is 15.3. The van der Waals surface area contributed by atoms with E-state index < -0.39 is 16.7 Å². The summed E-state index contributed by atoms with van der Waals surface area (Å²) in [4.78, 5) is 31.7. The standard InChI is InChI=1S/C17H21N5O3S/c23-15-16(24)22(7-12-1-2-12)19-13-9-25-17(11-21(13)15)3-5-20(10-17)8-14-18-4-6-26-14/h4,6,12H,1-3,5,7-11H2/t17-/m0/s1. The Labute approximate surface area is 154 Å². The van der Waals surface area contributed by atoms with E-state index in [-0.39, 0.29) is 6.61 Å².